The Morgan fingerprint density at radius 1 is 1.14 bits per heavy atom. The van der Waals surface area contributed by atoms with Crippen LogP contribution in [0.25, 0.3) is 0 Å². The highest BCUT2D eigenvalue weighted by Gasteiger charge is 2.32. The Bertz CT molecular complexity index is 923. The average Bonchev–Trinajstić information content (AvgIpc) is 3.10. The Morgan fingerprint density at radius 3 is 2.52 bits per heavy atom. The normalized spacial score (nSPS) is 15.6. The lowest BCUT2D eigenvalue weighted by molar-refractivity contribution is -0.129. The number of hydrogen-bond donors (Lipinski definition) is 1. The molecule has 1 heterocycles. The number of nitrogens with one attached hydrogen (secondary N) is 1. The van der Waals surface area contributed by atoms with E-state index >= 15 is 0 Å². The Labute approximate surface area is 178 Å². The van der Waals surface area contributed by atoms with E-state index in [1.165, 1.54) is 30.6 Å². The number of ether oxygens (including phenoxy) is 2. The van der Waals surface area contributed by atoms with Gasteiger partial charge in [0.1, 0.15) is 30.1 Å². The minimum absolute atomic E-state index is 0.239. The maximum absolute atomic E-state index is 11.9. The van der Waals surface area contributed by atoms with Gasteiger partial charge in [0.2, 0.25) is 11.8 Å². The highest BCUT2D eigenvalue weighted by atomic mass is 35.5. The number of hydrazone groups is 1. The Kier molecular flexibility index (Phi) is 7.00. The molecule has 0 saturated heterocycles. The van der Waals surface area contributed by atoms with Crippen molar-refractivity contribution in [2.75, 3.05) is 13.2 Å². The fourth-order valence-corrected chi connectivity index (χ4v) is 3.97. The van der Waals surface area contributed by atoms with Crippen molar-refractivity contribution in [3.05, 3.63) is 59.1 Å². The predicted octanol–water partition coefficient (Wildman–Crippen LogP) is 3.80. The van der Waals surface area contributed by atoms with E-state index in [2.05, 4.69) is 10.4 Å². The van der Waals surface area contributed by atoms with Gasteiger partial charge >= 0.3 is 0 Å². The van der Waals surface area contributed by atoms with Crippen molar-refractivity contribution in [1.29, 1.82) is 0 Å². The van der Waals surface area contributed by atoms with Crippen molar-refractivity contribution in [3.8, 4) is 11.5 Å². The molecule has 0 saturated carbocycles. The summed E-state index contributed by atoms with van der Waals surface area (Å²) in [6.07, 6.45) is 0. The summed E-state index contributed by atoms with van der Waals surface area (Å²) in [5, 5.41) is 8.46. The highest BCUT2D eigenvalue weighted by Crippen LogP contribution is 2.40. The molecule has 2 amide bonds. The smallest absolute Gasteiger partial charge is 0.241 e. The molecule has 2 aromatic carbocycles. The van der Waals surface area contributed by atoms with Crippen LogP contribution in [0, 0.1) is 0 Å². The summed E-state index contributed by atoms with van der Waals surface area (Å²) in [7, 11) is 0. The third-order valence-corrected chi connectivity index (χ3v) is 5.24. The van der Waals surface area contributed by atoms with Crippen LogP contribution in [0.1, 0.15) is 24.8 Å². The van der Waals surface area contributed by atoms with E-state index in [-0.39, 0.29) is 11.8 Å². The molecular formula is C20H20ClN3O4S. The Balaban J connectivity index is 1.61. The first-order valence-corrected chi connectivity index (χ1v) is 10.1. The maximum atomic E-state index is 11.9. The van der Waals surface area contributed by atoms with Gasteiger partial charge in [0, 0.05) is 13.8 Å². The number of amides is 2. The van der Waals surface area contributed by atoms with Crippen LogP contribution in [-0.4, -0.2) is 35.2 Å². The molecule has 0 aromatic heterocycles. The number of para-hydroxylation sites is 1. The lowest BCUT2D eigenvalue weighted by Crippen LogP contribution is -2.25. The van der Waals surface area contributed by atoms with Crippen molar-refractivity contribution < 1.29 is 19.1 Å². The van der Waals surface area contributed by atoms with E-state index in [9.17, 15) is 9.59 Å². The summed E-state index contributed by atoms with van der Waals surface area (Å²) in [5.41, 5.74) is 0.771. The number of halogens is 1. The zero-order valence-electron chi connectivity index (χ0n) is 15.9. The molecular weight excluding hydrogens is 414 g/mol. The average molecular weight is 434 g/mol. The molecule has 1 aliphatic heterocycles. The molecule has 1 aliphatic rings. The molecule has 3 rings (SSSR count). The van der Waals surface area contributed by atoms with Crippen LogP contribution in [-0.2, 0) is 9.59 Å². The summed E-state index contributed by atoms with van der Waals surface area (Å²) in [5.74, 6) is 0.805. The first kappa shape index (κ1) is 21.0. The molecule has 1 atom stereocenters. The molecule has 29 heavy (non-hydrogen) atoms. The van der Waals surface area contributed by atoms with Gasteiger partial charge in [-0.25, -0.2) is 5.01 Å². The second-order valence-electron chi connectivity index (χ2n) is 6.12. The van der Waals surface area contributed by atoms with Crippen LogP contribution >= 0.6 is 23.4 Å². The number of nitrogens with zero attached hydrogens (tertiary/aromatic N) is 2. The summed E-state index contributed by atoms with van der Waals surface area (Å²) in [4.78, 5) is 23.2. The van der Waals surface area contributed by atoms with Crippen LogP contribution in [0.4, 0.5) is 0 Å². The first-order chi connectivity index (χ1) is 13.9. The zero-order valence-corrected chi connectivity index (χ0v) is 17.5. The number of hydrogen-bond acceptors (Lipinski definition) is 6. The van der Waals surface area contributed by atoms with E-state index in [0.717, 1.165) is 11.3 Å². The quantitative estimate of drug-likeness (QED) is 0.701. The summed E-state index contributed by atoms with van der Waals surface area (Å²) < 4.78 is 11.3. The van der Waals surface area contributed by atoms with Crippen molar-refractivity contribution in [2.45, 2.75) is 19.2 Å². The van der Waals surface area contributed by atoms with Crippen molar-refractivity contribution in [3.63, 3.8) is 0 Å². The lowest BCUT2D eigenvalue weighted by Gasteiger charge is -2.20. The number of carbonyl (C=O) groups excluding carboxylic acids is 2. The van der Waals surface area contributed by atoms with Gasteiger partial charge in [0.15, 0.2) is 5.17 Å². The molecule has 0 radical (unpaired) electrons. The first-order valence-electron chi connectivity index (χ1n) is 8.87. The molecule has 2 aromatic rings. The van der Waals surface area contributed by atoms with Gasteiger partial charge in [0.25, 0.3) is 0 Å². The molecule has 0 aliphatic carbocycles. The van der Waals surface area contributed by atoms with Gasteiger partial charge in [-0.3, -0.25) is 9.59 Å². The van der Waals surface area contributed by atoms with Crippen molar-refractivity contribution in [1.82, 2.24) is 10.3 Å². The second kappa shape index (κ2) is 9.67. The summed E-state index contributed by atoms with van der Waals surface area (Å²) in [6.45, 7) is 3.52. The van der Waals surface area contributed by atoms with Gasteiger partial charge in [-0.2, -0.15) is 0 Å². The summed E-state index contributed by atoms with van der Waals surface area (Å²) in [6, 6.07) is 14.8. The van der Waals surface area contributed by atoms with E-state index in [1.54, 1.807) is 12.1 Å². The van der Waals surface area contributed by atoms with Crippen LogP contribution in [0.15, 0.2) is 53.6 Å². The van der Waals surface area contributed by atoms with Crippen LogP contribution in [0.5, 0.6) is 11.5 Å². The van der Waals surface area contributed by atoms with E-state index in [0.29, 0.717) is 29.2 Å². The van der Waals surface area contributed by atoms with Gasteiger partial charge in [0.05, 0.1) is 5.02 Å². The zero-order chi connectivity index (χ0) is 20.8. The second-order valence-corrected chi connectivity index (χ2v) is 7.60. The number of amidine groups is 1. The molecule has 7 nitrogen and oxygen atoms in total. The third kappa shape index (κ3) is 5.65. The van der Waals surface area contributed by atoms with E-state index in [1.807, 2.05) is 36.4 Å². The molecule has 0 spiro atoms. The van der Waals surface area contributed by atoms with Crippen LogP contribution in [0.2, 0.25) is 5.02 Å². The fourth-order valence-electron chi connectivity index (χ4n) is 2.59. The van der Waals surface area contributed by atoms with Crippen molar-refractivity contribution in [2.24, 2.45) is 5.10 Å². The molecule has 0 bridgehead atoms. The van der Waals surface area contributed by atoms with Gasteiger partial charge in [-0.05, 0) is 29.8 Å². The molecule has 1 N–H and O–H groups in total. The van der Waals surface area contributed by atoms with Crippen LogP contribution < -0.4 is 14.8 Å². The maximum Gasteiger partial charge on any atom is 0.241 e. The monoisotopic (exact) mass is 433 g/mol. The molecule has 152 valence electrons. The standard InChI is InChI=1S/C20H20ClN3O4S/c1-13(25)22-20-23-24(14(2)26)19(29-20)15-8-9-18(17(21)12-15)28-11-10-27-16-6-4-3-5-7-16/h3-9,12,19H,10-11H2,1-2H3,(H,22,23,25)/t19-/m0/s1. The summed E-state index contributed by atoms with van der Waals surface area (Å²) >= 11 is 7.63. The number of thioether (sulfide) groups is 1. The minimum Gasteiger partial charge on any atom is -0.490 e. The fraction of sp³-hybridized carbons (Fsp3) is 0.250. The lowest BCUT2D eigenvalue weighted by atomic mass is 10.2. The van der Waals surface area contributed by atoms with Gasteiger partial charge in [-0.15, -0.1) is 5.10 Å². The largest absolute Gasteiger partial charge is 0.490 e. The van der Waals surface area contributed by atoms with E-state index < -0.39 is 5.37 Å². The minimum atomic E-state index is -0.415. The van der Waals surface area contributed by atoms with Crippen LogP contribution in [0.3, 0.4) is 0 Å². The molecule has 0 unspecified atom stereocenters. The van der Waals surface area contributed by atoms with Crippen molar-refractivity contribution >= 4 is 40.3 Å². The number of carbonyl (C=O) groups is 2. The predicted molar refractivity (Wildman–Crippen MR) is 113 cm³/mol. The SMILES string of the molecule is CC(=O)NC1=NN(C(C)=O)[C@H](c2ccc(OCCOc3ccccc3)c(Cl)c2)S1. The number of rotatable bonds is 6. The third-order valence-electron chi connectivity index (χ3n) is 3.84. The van der Waals surface area contributed by atoms with Gasteiger partial charge < -0.3 is 14.8 Å². The highest BCUT2D eigenvalue weighted by molar-refractivity contribution is 8.14. The van der Waals surface area contributed by atoms with E-state index in [4.69, 9.17) is 21.1 Å². The molecule has 0 fully saturated rings. The Hall–Kier alpha value is -2.71. The topological polar surface area (TPSA) is 80.2 Å². The molecule has 9 heteroatoms. The number of benzene rings is 2. The van der Waals surface area contributed by atoms with Gasteiger partial charge in [-0.1, -0.05) is 47.6 Å². The Morgan fingerprint density at radius 2 is 1.86 bits per heavy atom.